The van der Waals surface area contributed by atoms with Crippen LogP contribution in [0.1, 0.15) is 29.2 Å². The molecule has 2 amide bonds. The van der Waals surface area contributed by atoms with Crippen LogP contribution in [0.3, 0.4) is 0 Å². The van der Waals surface area contributed by atoms with Gasteiger partial charge in [-0.15, -0.1) is 0 Å². The highest BCUT2D eigenvalue weighted by Crippen LogP contribution is 2.25. The molecule has 0 saturated heterocycles. The number of carbonyl (C=O) groups is 2. The molecule has 3 rings (SSSR count). The van der Waals surface area contributed by atoms with Crippen LogP contribution in [0.25, 0.3) is 0 Å². The van der Waals surface area contributed by atoms with E-state index in [4.69, 9.17) is 4.74 Å². The van der Waals surface area contributed by atoms with Gasteiger partial charge in [-0.1, -0.05) is 91.0 Å². The standard InChI is InChI=1S/C27H30N2O3/c1-32-19-11-18-28-27(31)26(24-16-9-4-10-17-24)29(21-23-14-7-3-8-15-23)25(30)20-22-12-5-2-6-13-22/h2-10,12-17,26H,11,18-21H2,1H3,(H,28,31)/t26-/m0/s1. The van der Waals surface area contributed by atoms with E-state index in [1.807, 2.05) is 91.0 Å². The maximum Gasteiger partial charge on any atom is 0.247 e. The van der Waals surface area contributed by atoms with Crippen LogP contribution in [-0.4, -0.2) is 37.0 Å². The molecule has 3 aromatic rings. The summed E-state index contributed by atoms with van der Waals surface area (Å²) < 4.78 is 5.08. The Labute approximate surface area is 190 Å². The number of nitrogens with one attached hydrogen (secondary N) is 1. The van der Waals surface area contributed by atoms with Gasteiger partial charge in [0.15, 0.2) is 0 Å². The number of nitrogens with zero attached hydrogens (tertiary/aromatic N) is 1. The number of methoxy groups -OCH3 is 1. The highest BCUT2D eigenvalue weighted by atomic mass is 16.5. The van der Waals surface area contributed by atoms with Crippen molar-refractivity contribution >= 4 is 11.8 Å². The SMILES string of the molecule is COCCCNC(=O)[C@H](c1ccccc1)N(Cc1ccccc1)C(=O)Cc1ccccc1. The molecular weight excluding hydrogens is 400 g/mol. The quantitative estimate of drug-likeness (QED) is 0.465. The van der Waals surface area contributed by atoms with E-state index in [0.717, 1.165) is 16.7 Å². The third kappa shape index (κ3) is 6.79. The summed E-state index contributed by atoms with van der Waals surface area (Å²) in [5.74, 6) is -0.286. The summed E-state index contributed by atoms with van der Waals surface area (Å²) in [4.78, 5) is 28.6. The number of carbonyl (C=O) groups excluding carboxylic acids is 2. The zero-order valence-electron chi connectivity index (χ0n) is 18.4. The van der Waals surface area contributed by atoms with Crippen molar-refractivity contribution in [1.82, 2.24) is 10.2 Å². The fraction of sp³-hybridized carbons (Fsp3) is 0.259. The molecule has 3 aromatic carbocycles. The summed E-state index contributed by atoms with van der Waals surface area (Å²) in [6, 6.07) is 28.2. The van der Waals surface area contributed by atoms with Crippen molar-refractivity contribution in [2.75, 3.05) is 20.3 Å². The van der Waals surface area contributed by atoms with Crippen LogP contribution in [0, 0.1) is 0 Å². The number of rotatable bonds is 11. The lowest BCUT2D eigenvalue weighted by molar-refractivity contribution is -0.141. The molecular formula is C27H30N2O3. The average Bonchev–Trinajstić information content (AvgIpc) is 2.83. The first-order chi connectivity index (χ1) is 15.7. The molecule has 0 radical (unpaired) electrons. The van der Waals surface area contributed by atoms with Crippen molar-refractivity contribution in [3.63, 3.8) is 0 Å². The van der Waals surface area contributed by atoms with E-state index >= 15 is 0 Å². The molecule has 32 heavy (non-hydrogen) atoms. The first-order valence-electron chi connectivity index (χ1n) is 10.9. The van der Waals surface area contributed by atoms with Gasteiger partial charge in [0.05, 0.1) is 6.42 Å². The van der Waals surface area contributed by atoms with Crippen molar-refractivity contribution < 1.29 is 14.3 Å². The maximum absolute atomic E-state index is 13.5. The van der Waals surface area contributed by atoms with Crippen LogP contribution >= 0.6 is 0 Å². The fourth-order valence-corrected chi connectivity index (χ4v) is 3.61. The van der Waals surface area contributed by atoms with Gasteiger partial charge >= 0.3 is 0 Å². The Morgan fingerprint density at radius 2 is 1.41 bits per heavy atom. The third-order valence-corrected chi connectivity index (χ3v) is 5.21. The molecule has 0 unspecified atom stereocenters. The van der Waals surface area contributed by atoms with Gasteiger partial charge in [0.1, 0.15) is 6.04 Å². The lowest BCUT2D eigenvalue weighted by Crippen LogP contribution is -2.44. The first-order valence-corrected chi connectivity index (χ1v) is 10.9. The van der Waals surface area contributed by atoms with Gasteiger partial charge in [-0.3, -0.25) is 9.59 Å². The number of hydrogen-bond acceptors (Lipinski definition) is 3. The molecule has 0 aromatic heterocycles. The highest BCUT2D eigenvalue weighted by Gasteiger charge is 2.31. The van der Waals surface area contributed by atoms with Crippen molar-refractivity contribution in [3.8, 4) is 0 Å². The van der Waals surface area contributed by atoms with Crippen LogP contribution in [0.5, 0.6) is 0 Å². The predicted molar refractivity (Wildman–Crippen MR) is 126 cm³/mol. The average molecular weight is 431 g/mol. The van der Waals surface area contributed by atoms with Crippen LogP contribution < -0.4 is 5.32 Å². The molecule has 0 bridgehead atoms. The molecule has 0 aliphatic heterocycles. The zero-order valence-corrected chi connectivity index (χ0v) is 18.4. The molecule has 0 heterocycles. The second kappa shape index (κ2) is 12.4. The minimum atomic E-state index is -0.727. The Bertz CT molecular complexity index is 962. The smallest absolute Gasteiger partial charge is 0.247 e. The van der Waals surface area contributed by atoms with Crippen LogP contribution in [0.2, 0.25) is 0 Å². The summed E-state index contributed by atoms with van der Waals surface area (Å²) in [7, 11) is 1.64. The van der Waals surface area contributed by atoms with Crippen molar-refractivity contribution in [2.45, 2.75) is 25.4 Å². The highest BCUT2D eigenvalue weighted by molar-refractivity contribution is 5.89. The second-order valence-electron chi connectivity index (χ2n) is 7.62. The van der Waals surface area contributed by atoms with E-state index in [9.17, 15) is 9.59 Å². The molecule has 0 aliphatic carbocycles. The van der Waals surface area contributed by atoms with E-state index < -0.39 is 6.04 Å². The Morgan fingerprint density at radius 3 is 2.00 bits per heavy atom. The van der Waals surface area contributed by atoms with Crippen LogP contribution in [0.4, 0.5) is 0 Å². The Balaban J connectivity index is 1.91. The fourth-order valence-electron chi connectivity index (χ4n) is 3.61. The molecule has 5 nitrogen and oxygen atoms in total. The second-order valence-corrected chi connectivity index (χ2v) is 7.62. The van der Waals surface area contributed by atoms with Gasteiger partial charge in [-0.2, -0.15) is 0 Å². The molecule has 5 heteroatoms. The molecule has 1 N–H and O–H groups in total. The summed E-state index contributed by atoms with van der Waals surface area (Å²) >= 11 is 0. The van der Waals surface area contributed by atoms with Crippen LogP contribution in [0.15, 0.2) is 91.0 Å². The Morgan fingerprint density at radius 1 is 0.844 bits per heavy atom. The normalized spacial score (nSPS) is 11.5. The third-order valence-electron chi connectivity index (χ3n) is 5.21. The largest absolute Gasteiger partial charge is 0.385 e. The predicted octanol–water partition coefficient (Wildman–Crippen LogP) is 4.15. The lowest BCUT2D eigenvalue weighted by Gasteiger charge is -2.32. The van der Waals surface area contributed by atoms with E-state index in [1.54, 1.807) is 12.0 Å². The number of hydrogen-bond donors (Lipinski definition) is 1. The number of amides is 2. The Hall–Kier alpha value is -3.44. The molecule has 0 aliphatic rings. The molecule has 166 valence electrons. The number of ether oxygens (including phenoxy) is 1. The molecule has 0 saturated carbocycles. The molecule has 1 atom stereocenters. The van der Waals surface area contributed by atoms with E-state index in [1.165, 1.54) is 0 Å². The number of benzene rings is 3. The summed E-state index contributed by atoms with van der Waals surface area (Å²) in [6.45, 7) is 1.40. The van der Waals surface area contributed by atoms with Crippen molar-refractivity contribution in [1.29, 1.82) is 0 Å². The zero-order chi connectivity index (χ0) is 22.6. The minimum Gasteiger partial charge on any atom is -0.385 e. The summed E-state index contributed by atoms with van der Waals surface area (Å²) in [5, 5.41) is 2.99. The van der Waals surface area contributed by atoms with E-state index in [0.29, 0.717) is 26.1 Å². The van der Waals surface area contributed by atoms with E-state index in [2.05, 4.69) is 5.32 Å². The van der Waals surface area contributed by atoms with Gasteiger partial charge in [0.25, 0.3) is 0 Å². The topological polar surface area (TPSA) is 58.6 Å². The van der Waals surface area contributed by atoms with Crippen LogP contribution in [-0.2, 0) is 27.3 Å². The molecule has 0 fully saturated rings. The maximum atomic E-state index is 13.5. The first kappa shape index (κ1) is 23.2. The van der Waals surface area contributed by atoms with Crippen molar-refractivity contribution in [2.24, 2.45) is 0 Å². The monoisotopic (exact) mass is 430 g/mol. The van der Waals surface area contributed by atoms with Gasteiger partial charge in [-0.25, -0.2) is 0 Å². The lowest BCUT2D eigenvalue weighted by atomic mass is 10.0. The molecule has 0 spiro atoms. The van der Waals surface area contributed by atoms with Gasteiger partial charge < -0.3 is 15.0 Å². The van der Waals surface area contributed by atoms with Crippen molar-refractivity contribution in [3.05, 3.63) is 108 Å². The van der Waals surface area contributed by atoms with E-state index in [-0.39, 0.29) is 18.2 Å². The minimum absolute atomic E-state index is 0.0963. The van der Waals surface area contributed by atoms with Gasteiger partial charge in [0, 0.05) is 26.8 Å². The van der Waals surface area contributed by atoms with Gasteiger partial charge in [-0.05, 0) is 23.1 Å². The van der Waals surface area contributed by atoms with Gasteiger partial charge in [0.2, 0.25) is 11.8 Å². The Kier molecular flexibility index (Phi) is 9.02. The summed E-state index contributed by atoms with van der Waals surface area (Å²) in [6.07, 6.45) is 0.939. The summed E-state index contributed by atoms with van der Waals surface area (Å²) in [5.41, 5.74) is 2.68.